The van der Waals surface area contributed by atoms with Gasteiger partial charge in [-0.15, -0.1) is 0 Å². The van der Waals surface area contributed by atoms with Gasteiger partial charge < -0.3 is 5.32 Å². The molecular formula is C15H31NS. The summed E-state index contributed by atoms with van der Waals surface area (Å²) in [6.07, 6.45) is 12.8. The van der Waals surface area contributed by atoms with Crippen molar-refractivity contribution in [2.75, 3.05) is 12.3 Å². The van der Waals surface area contributed by atoms with Gasteiger partial charge in [0.1, 0.15) is 0 Å². The molecule has 2 atom stereocenters. The van der Waals surface area contributed by atoms with Crippen molar-refractivity contribution >= 4 is 11.8 Å². The topological polar surface area (TPSA) is 12.0 Å². The molecule has 1 fully saturated rings. The highest BCUT2D eigenvalue weighted by molar-refractivity contribution is 8.00. The second kappa shape index (κ2) is 10.3. The van der Waals surface area contributed by atoms with Gasteiger partial charge in [-0.3, -0.25) is 0 Å². The molecule has 102 valence electrons. The highest BCUT2D eigenvalue weighted by Gasteiger charge is 2.22. The van der Waals surface area contributed by atoms with E-state index < -0.39 is 0 Å². The molecule has 0 saturated carbocycles. The van der Waals surface area contributed by atoms with Crippen molar-refractivity contribution < 1.29 is 0 Å². The largest absolute Gasteiger partial charge is 0.313 e. The molecule has 17 heavy (non-hydrogen) atoms. The van der Waals surface area contributed by atoms with Gasteiger partial charge in [0.25, 0.3) is 0 Å². The van der Waals surface area contributed by atoms with Gasteiger partial charge in [0.05, 0.1) is 0 Å². The van der Waals surface area contributed by atoms with Gasteiger partial charge in [0.15, 0.2) is 0 Å². The summed E-state index contributed by atoms with van der Waals surface area (Å²) >= 11 is 2.12. The zero-order chi connectivity index (χ0) is 12.3. The lowest BCUT2D eigenvalue weighted by molar-refractivity contribution is 0.487. The summed E-state index contributed by atoms with van der Waals surface area (Å²) in [5.74, 6) is 1.36. The summed E-state index contributed by atoms with van der Waals surface area (Å²) in [7, 11) is 0. The molecule has 2 unspecified atom stereocenters. The van der Waals surface area contributed by atoms with E-state index >= 15 is 0 Å². The molecule has 1 aliphatic rings. The lowest BCUT2D eigenvalue weighted by Crippen LogP contribution is -2.33. The first-order chi connectivity index (χ1) is 8.34. The van der Waals surface area contributed by atoms with Gasteiger partial charge in [-0.2, -0.15) is 11.8 Å². The standard InChI is InChI=1S/C15H31NS/c1-3-4-5-6-7-8-9-10-12-16-15-11-13-17-14(15)2/h14-16H,3-13H2,1-2H3. The molecule has 2 heteroatoms. The van der Waals surface area contributed by atoms with Crippen molar-refractivity contribution in [3.8, 4) is 0 Å². The van der Waals surface area contributed by atoms with Gasteiger partial charge >= 0.3 is 0 Å². The smallest absolute Gasteiger partial charge is 0.0191 e. The SMILES string of the molecule is CCCCCCCCCCNC1CCSC1C. The summed E-state index contributed by atoms with van der Waals surface area (Å²) in [5.41, 5.74) is 0. The fourth-order valence-electron chi connectivity index (χ4n) is 2.55. The van der Waals surface area contributed by atoms with E-state index in [4.69, 9.17) is 0 Å². The van der Waals surface area contributed by atoms with Crippen LogP contribution < -0.4 is 5.32 Å². The number of rotatable bonds is 10. The van der Waals surface area contributed by atoms with Crippen LogP contribution in [0.3, 0.4) is 0 Å². The molecule has 0 aromatic heterocycles. The third kappa shape index (κ3) is 7.35. The number of unbranched alkanes of at least 4 members (excludes halogenated alkanes) is 7. The van der Waals surface area contributed by atoms with Crippen molar-refractivity contribution in [2.45, 2.75) is 82.9 Å². The Morgan fingerprint density at radius 3 is 2.24 bits per heavy atom. The third-order valence-corrected chi connectivity index (χ3v) is 5.14. The third-order valence-electron chi connectivity index (χ3n) is 3.81. The van der Waals surface area contributed by atoms with E-state index in [9.17, 15) is 0 Å². The van der Waals surface area contributed by atoms with Gasteiger partial charge in [-0.05, 0) is 25.1 Å². The zero-order valence-corrected chi connectivity index (χ0v) is 12.7. The molecule has 0 aliphatic carbocycles. The molecule has 1 rings (SSSR count). The van der Waals surface area contributed by atoms with E-state index in [2.05, 4.69) is 30.9 Å². The average Bonchev–Trinajstić information content (AvgIpc) is 2.73. The maximum atomic E-state index is 3.72. The van der Waals surface area contributed by atoms with Crippen molar-refractivity contribution in [3.63, 3.8) is 0 Å². The molecule has 0 aromatic carbocycles. The second-order valence-electron chi connectivity index (χ2n) is 5.40. The quantitative estimate of drug-likeness (QED) is 0.574. The van der Waals surface area contributed by atoms with Crippen LogP contribution in [0.4, 0.5) is 0 Å². The molecule has 1 N–H and O–H groups in total. The first kappa shape index (κ1) is 15.4. The predicted octanol–water partition coefficient (Wildman–Crippen LogP) is 4.61. The predicted molar refractivity (Wildman–Crippen MR) is 80.9 cm³/mol. The summed E-state index contributed by atoms with van der Waals surface area (Å²) in [5, 5.41) is 4.56. The summed E-state index contributed by atoms with van der Waals surface area (Å²) < 4.78 is 0. The van der Waals surface area contributed by atoms with Crippen molar-refractivity contribution in [3.05, 3.63) is 0 Å². The monoisotopic (exact) mass is 257 g/mol. The normalized spacial score (nSPS) is 24.4. The highest BCUT2D eigenvalue weighted by atomic mass is 32.2. The first-order valence-corrected chi connectivity index (χ1v) is 8.74. The van der Waals surface area contributed by atoms with Crippen LogP contribution in [-0.4, -0.2) is 23.6 Å². The van der Waals surface area contributed by atoms with E-state index in [0.717, 1.165) is 11.3 Å². The molecule has 1 aliphatic heterocycles. The van der Waals surface area contributed by atoms with Crippen LogP contribution in [0.15, 0.2) is 0 Å². The van der Waals surface area contributed by atoms with Crippen LogP contribution in [0.25, 0.3) is 0 Å². The molecule has 0 radical (unpaired) electrons. The van der Waals surface area contributed by atoms with Crippen molar-refractivity contribution in [1.82, 2.24) is 5.32 Å². The van der Waals surface area contributed by atoms with Crippen LogP contribution in [0.1, 0.15) is 71.6 Å². The summed E-state index contributed by atoms with van der Waals surface area (Å²) in [4.78, 5) is 0. The van der Waals surface area contributed by atoms with E-state index in [1.807, 2.05) is 0 Å². The fourth-order valence-corrected chi connectivity index (χ4v) is 3.77. The Morgan fingerprint density at radius 1 is 1.00 bits per heavy atom. The highest BCUT2D eigenvalue weighted by Crippen LogP contribution is 2.25. The Balaban J connectivity index is 1.78. The van der Waals surface area contributed by atoms with Gasteiger partial charge in [0, 0.05) is 11.3 Å². The van der Waals surface area contributed by atoms with E-state index in [1.165, 1.54) is 70.1 Å². The van der Waals surface area contributed by atoms with Crippen LogP contribution >= 0.6 is 11.8 Å². The first-order valence-electron chi connectivity index (χ1n) is 7.69. The summed E-state index contributed by atoms with van der Waals surface area (Å²) in [6, 6.07) is 0.796. The van der Waals surface area contributed by atoms with Gasteiger partial charge in [-0.25, -0.2) is 0 Å². The molecule has 0 spiro atoms. The molecule has 1 nitrogen and oxygen atoms in total. The van der Waals surface area contributed by atoms with Crippen LogP contribution in [-0.2, 0) is 0 Å². The lowest BCUT2D eigenvalue weighted by Gasteiger charge is -2.16. The maximum Gasteiger partial charge on any atom is 0.0191 e. The fraction of sp³-hybridized carbons (Fsp3) is 1.00. The van der Waals surface area contributed by atoms with Gasteiger partial charge in [-0.1, -0.05) is 58.8 Å². The number of hydrogen-bond acceptors (Lipinski definition) is 2. The Kier molecular flexibility index (Phi) is 9.27. The minimum absolute atomic E-state index is 0.796. The van der Waals surface area contributed by atoms with E-state index in [-0.39, 0.29) is 0 Å². The number of nitrogens with one attached hydrogen (secondary N) is 1. The van der Waals surface area contributed by atoms with Crippen LogP contribution in [0.2, 0.25) is 0 Å². The molecule has 1 saturated heterocycles. The number of hydrogen-bond donors (Lipinski definition) is 1. The maximum absolute atomic E-state index is 3.72. The van der Waals surface area contributed by atoms with Gasteiger partial charge in [0.2, 0.25) is 0 Å². The minimum Gasteiger partial charge on any atom is -0.313 e. The van der Waals surface area contributed by atoms with Crippen molar-refractivity contribution in [1.29, 1.82) is 0 Å². The zero-order valence-electron chi connectivity index (χ0n) is 11.8. The Bertz CT molecular complexity index is 172. The van der Waals surface area contributed by atoms with E-state index in [0.29, 0.717) is 0 Å². The summed E-state index contributed by atoms with van der Waals surface area (Å²) in [6.45, 7) is 5.89. The Hall–Kier alpha value is 0.310. The molecule has 0 bridgehead atoms. The lowest BCUT2D eigenvalue weighted by atomic mass is 10.1. The molecular weight excluding hydrogens is 226 g/mol. The Morgan fingerprint density at radius 2 is 1.65 bits per heavy atom. The molecule has 1 heterocycles. The Labute approximate surface area is 113 Å². The number of thioether (sulfide) groups is 1. The average molecular weight is 257 g/mol. The van der Waals surface area contributed by atoms with E-state index in [1.54, 1.807) is 0 Å². The second-order valence-corrected chi connectivity index (χ2v) is 6.89. The molecule has 0 aromatic rings. The molecule has 0 amide bonds. The van der Waals surface area contributed by atoms with Crippen molar-refractivity contribution in [2.24, 2.45) is 0 Å². The van der Waals surface area contributed by atoms with Crippen LogP contribution in [0.5, 0.6) is 0 Å². The minimum atomic E-state index is 0.796. The van der Waals surface area contributed by atoms with Crippen LogP contribution in [0, 0.1) is 0 Å².